The van der Waals surface area contributed by atoms with Crippen molar-refractivity contribution in [2.75, 3.05) is 5.32 Å². The summed E-state index contributed by atoms with van der Waals surface area (Å²) in [5.74, 6) is -1.62. The van der Waals surface area contributed by atoms with Crippen LogP contribution in [0.5, 0.6) is 0 Å². The highest BCUT2D eigenvalue weighted by Crippen LogP contribution is 2.31. The van der Waals surface area contributed by atoms with Crippen LogP contribution in [0.2, 0.25) is 0 Å². The summed E-state index contributed by atoms with van der Waals surface area (Å²) >= 11 is 9.53. The second-order valence-electron chi connectivity index (χ2n) is 3.68. The van der Waals surface area contributed by atoms with E-state index in [1.54, 1.807) is 6.07 Å². The number of carboxylic acid groups (broad SMARTS) is 1. The van der Waals surface area contributed by atoms with Crippen LogP contribution in [0.3, 0.4) is 0 Å². The Morgan fingerprint density at radius 3 is 2.40 bits per heavy atom. The summed E-state index contributed by atoms with van der Waals surface area (Å²) in [6, 6.07) is 4.53. The third kappa shape index (κ3) is 3.13. The van der Waals surface area contributed by atoms with Crippen molar-refractivity contribution in [3.8, 4) is 0 Å². The smallest absolute Gasteiger partial charge is 0.337 e. The van der Waals surface area contributed by atoms with E-state index >= 15 is 0 Å². The van der Waals surface area contributed by atoms with Crippen molar-refractivity contribution in [1.29, 1.82) is 0 Å². The molecule has 0 fully saturated rings. The number of rotatable bonds is 3. The topological polar surface area (TPSA) is 79.5 Å². The molecule has 2 aromatic rings. The lowest BCUT2D eigenvalue weighted by molar-refractivity contribution is 0.0698. The monoisotopic (exact) mass is 465 g/mol. The van der Waals surface area contributed by atoms with E-state index in [4.69, 9.17) is 4.42 Å². The van der Waals surface area contributed by atoms with Crippen LogP contribution in [0.15, 0.2) is 42.5 Å². The second kappa shape index (κ2) is 6.11. The maximum Gasteiger partial charge on any atom is 0.337 e. The highest BCUT2D eigenvalue weighted by atomic mass is 79.9. The molecule has 8 heteroatoms. The van der Waals surface area contributed by atoms with Gasteiger partial charge in [0.2, 0.25) is 0 Å². The number of hydrogen-bond donors (Lipinski definition) is 2. The summed E-state index contributed by atoms with van der Waals surface area (Å²) < 4.78 is 6.29. The molecule has 1 heterocycles. The molecule has 0 bridgehead atoms. The minimum absolute atomic E-state index is 0.0285. The molecule has 1 amide bonds. The third-order valence-electron chi connectivity index (χ3n) is 2.39. The van der Waals surface area contributed by atoms with Gasteiger partial charge in [-0.05, 0) is 50.1 Å². The predicted octanol–water partition coefficient (Wildman–Crippen LogP) is 4.52. The van der Waals surface area contributed by atoms with E-state index in [2.05, 4.69) is 53.1 Å². The molecule has 1 aromatic heterocycles. The van der Waals surface area contributed by atoms with E-state index in [1.807, 2.05) is 0 Å². The Labute approximate surface area is 138 Å². The summed E-state index contributed by atoms with van der Waals surface area (Å²) in [6.45, 7) is 0. The first-order valence-electron chi connectivity index (χ1n) is 5.17. The van der Waals surface area contributed by atoms with Gasteiger partial charge in [0.15, 0.2) is 4.67 Å². The molecule has 0 spiro atoms. The molecule has 0 saturated carbocycles. The van der Waals surface area contributed by atoms with Gasteiger partial charge in [0, 0.05) is 8.95 Å². The Hall–Kier alpha value is -1.12. The van der Waals surface area contributed by atoms with Gasteiger partial charge in [-0.15, -0.1) is 0 Å². The number of carbonyl (C=O) groups excluding carboxylic acids is 1. The van der Waals surface area contributed by atoms with E-state index < -0.39 is 11.9 Å². The van der Waals surface area contributed by atoms with Gasteiger partial charge in [0.25, 0.3) is 5.91 Å². The second-order valence-corrected chi connectivity index (χ2v) is 6.17. The molecular formula is C12H6Br3NO4. The molecule has 0 aliphatic heterocycles. The normalized spacial score (nSPS) is 10.3. The van der Waals surface area contributed by atoms with Crippen LogP contribution in [0.4, 0.5) is 5.69 Å². The molecule has 2 N–H and O–H groups in total. The number of carbonyl (C=O) groups is 2. The van der Waals surface area contributed by atoms with Crippen molar-refractivity contribution in [2.45, 2.75) is 0 Å². The predicted molar refractivity (Wildman–Crippen MR) is 83.2 cm³/mol. The molecule has 5 nitrogen and oxygen atoms in total. The first-order valence-corrected chi connectivity index (χ1v) is 7.54. The molecule has 0 radical (unpaired) electrons. The number of furan rings is 1. The van der Waals surface area contributed by atoms with Gasteiger partial charge in [-0.1, -0.05) is 15.9 Å². The Morgan fingerprint density at radius 2 is 1.85 bits per heavy atom. The lowest BCUT2D eigenvalue weighted by Gasteiger charge is -2.11. The number of hydrogen-bond acceptors (Lipinski definition) is 3. The minimum atomic E-state index is -1.14. The van der Waals surface area contributed by atoms with Crippen molar-refractivity contribution in [2.24, 2.45) is 0 Å². The van der Waals surface area contributed by atoms with Gasteiger partial charge in [-0.2, -0.15) is 0 Å². The van der Waals surface area contributed by atoms with E-state index in [1.165, 1.54) is 18.4 Å². The Kier molecular flexibility index (Phi) is 4.66. The Bertz CT molecular complexity index is 696. The van der Waals surface area contributed by atoms with E-state index in [9.17, 15) is 14.7 Å². The van der Waals surface area contributed by atoms with Gasteiger partial charge in [-0.3, -0.25) is 4.79 Å². The molecule has 20 heavy (non-hydrogen) atoms. The molecule has 0 saturated heterocycles. The first-order chi connectivity index (χ1) is 9.40. The maximum atomic E-state index is 12.1. The number of amides is 1. The van der Waals surface area contributed by atoms with Gasteiger partial charge >= 0.3 is 5.97 Å². The highest BCUT2D eigenvalue weighted by Gasteiger charge is 2.19. The number of carboxylic acids is 1. The molecule has 0 unspecified atom stereocenters. The van der Waals surface area contributed by atoms with Gasteiger partial charge in [0.05, 0.1) is 23.1 Å². The van der Waals surface area contributed by atoms with Crippen LogP contribution < -0.4 is 5.32 Å². The number of aromatic carboxylic acids is 1. The standard InChI is InChI=1S/C12H6Br3NO4/c13-5-3-7(12(18)19)9(8(14)4-5)16-11(17)6-1-2-20-10(6)15/h1-4H,(H,16,17)(H,18,19). The summed E-state index contributed by atoms with van der Waals surface area (Å²) in [7, 11) is 0. The lowest BCUT2D eigenvalue weighted by atomic mass is 10.1. The van der Waals surface area contributed by atoms with Crippen molar-refractivity contribution in [3.63, 3.8) is 0 Å². The zero-order chi connectivity index (χ0) is 14.9. The molecule has 0 aliphatic rings. The first kappa shape index (κ1) is 15.3. The van der Waals surface area contributed by atoms with E-state index in [-0.39, 0.29) is 21.5 Å². The quantitative estimate of drug-likeness (QED) is 0.695. The highest BCUT2D eigenvalue weighted by molar-refractivity contribution is 9.11. The van der Waals surface area contributed by atoms with Crippen LogP contribution in [0, 0.1) is 0 Å². The summed E-state index contributed by atoms with van der Waals surface area (Å²) in [4.78, 5) is 23.3. The van der Waals surface area contributed by atoms with Crippen molar-refractivity contribution >= 4 is 65.4 Å². The number of halogens is 3. The number of anilines is 1. The summed E-state index contributed by atoms with van der Waals surface area (Å²) in [5, 5.41) is 11.7. The summed E-state index contributed by atoms with van der Waals surface area (Å²) in [6.07, 6.45) is 1.35. The SMILES string of the molecule is O=C(Nc1c(Br)cc(Br)cc1C(=O)O)c1ccoc1Br. The Morgan fingerprint density at radius 1 is 1.15 bits per heavy atom. The molecule has 1 aromatic carbocycles. The third-order valence-corrected chi connectivity index (χ3v) is 4.08. The molecule has 104 valence electrons. The van der Waals surface area contributed by atoms with E-state index in [0.717, 1.165) is 0 Å². The fourth-order valence-corrected chi connectivity index (χ4v) is 3.25. The van der Waals surface area contributed by atoms with Crippen molar-refractivity contribution in [3.05, 3.63) is 49.2 Å². The van der Waals surface area contributed by atoms with E-state index in [0.29, 0.717) is 8.95 Å². The largest absolute Gasteiger partial charge is 0.478 e. The van der Waals surface area contributed by atoms with Crippen molar-refractivity contribution in [1.82, 2.24) is 0 Å². The summed E-state index contributed by atoms with van der Waals surface area (Å²) in [5.41, 5.74) is 0.425. The maximum absolute atomic E-state index is 12.1. The van der Waals surface area contributed by atoms with Crippen LogP contribution in [-0.4, -0.2) is 17.0 Å². The Balaban J connectivity index is 2.41. The molecule has 2 rings (SSSR count). The minimum Gasteiger partial charge on any atom is -0.478 e. The van der Waals surface area contributed by atoms with Gasteiger partial charge < -0.3 is 14.8 Å². The van der Waals surface area contributed by atoms with Crippen LogP contribution >= 0.6 is 47.8 Å². The van der Waals surface area contributed by atoms with Crippen LogP contribution in [-0.2, 0) is 0 Å². The number of nitrogens with one attached hydrogen (secondary N) is 1. The molecule has 0 atom stereocenters. The zero-order valence-electron chi connectivity index (χ0n) is 9.62. The van der Waals surface area contributed by atoms with Crippen LogP contribution in [0.1, 0.15) is 20.7 Å². The van der Waals surface area contributed by atoms with Crippen molar-refractivity contribution < 1.29 is 19.1 Å². The van der Waals surface area contributed by atoms with Crippen LogP contribution in [0.25, 0.3) is 0 Å². The zero-order valence-corrected chi connectivity index (χ0v) is 14.4. The average molecular weight is 468 g/mol. The van der Waals surface area contributed by atoms with Gasteiger partial charge in [0.1, 0.15) is 0 Å². The fraction of sp³-hybridized carbons (Fsp3) is 0. The van der Waals surface area contributed by atoms with Gasteiger partial charge in [-0.25, -0.2) is 4.79 Å². The molecule has 0 aliphatic carbocycles. The number of benzene rings is 1. The lowest BCUT2D eigenvalue weighted by Crippen LogP contribution is -2.15. The molecular weight excluding hydrogens is 462 g/mol. The fourth-order valence-electron chi connectivity index (χ4n) is 1.51. The average Bonchev–Trinajstić information content (AvgIpc) is 2.78.